The smallest absolute Gasteiger partial charge is 0.238 e. The number of benzene rings is 1. The third-order valence-corrected chi connectivity index (χ3v) is 9.75. The lowest BCUT2D eigenvalue weighted by atomic mass is 9.90. The Morgan fingerprint density at radius 2 is 2.07 bits per heavy atom. The molecule has 158 valence electrons. The largest absolute Gasteiger partial charge is 0.381 e. The Labute approximate surface area is 180 Å². The zero-order valence-corrected chi connectivity index (χ0v) is 18.8. The van der Waals surface area contributed by atoms with Crippen LogP contribution in [0.25, 0.3) is 11.3 Å². The maximum Gasteiger partial charge on any atom is 0.238 e. The van der Waals surface area contributed by atoms with Crippen LogP contribution in [0.3, 0.4) is 0 Å². The molecule has 9 heteroatoms. The highest BCUT2D eigenvalue weighted by Gasteiger charge is 2.45. The Balaban J connectivity index is 1.85. The van der Waals surface area contributed by atoms with Gasteiger partial charge in [-0.15, -0.1) is 11.3 Å². The second-order valence-corrected chi connectivity index (χ2v) is 11.3. The molecule has 2 heterocycles. The highest BCUT2D eigenvalue weighted by Crippen LogP contribution is 2.37. The highest BCUT2D eigenvalue weighted by atomic mass is 35.5. The van der Waals surface area contributed by atoms with Crippen molar-refractivity contribution in [2.45, 2.75) is 37.4 Å². The number of carbonyl (C=O) groups is 1. The summed E-state index contributed by atoms with van der Waals surface area (Å²) < 4.78 is 30.2. The number of primary amides is 1. The molecule has 1 aliphatic rings. The first-order valence-corrected chi connectivity index (χ1v) is 12.4. The summed E-state index contributed by atoms with van der Waals surface area (Å²) >= 11 is 7.45. The molecule has 0 saturated carbocycles. The lowest BCUT2D eigenvalue weighted by Gasteiger charge is -2.33. The fourth-order valence-corrected chi connectivity index (χ4v) is 6.69. The fourth-order valence-electron chi connectivity index (χ4n) is 3.48. The Bertz CT molecular complexity index is 975. The first-order valence-electron chi connectivity index (χ1n) is 9.49. The second-order valence-electron chi connectivity index (χ2n) is 7.54. The van der Waals surface area contributed by atoms with Gasteiger partial charge in [0.2, 0.25) is 5.91 Å². The molecular weight excluding hydrogens is 432 g/mol. The van der Waals surface area contributed by atoms with E-state index >= 15 is 0 Å². The molecule has 29 heavy (non-hydrogen) atoms. The van der Waals surface area contributed by atoms with E-state index in [1.54, 1.807) is 6.92 Å². The zero-order valence-electron chi connectivity index (χ0n) is 16.4. The summed E-state index contributed by atoms with van der Waals surface area (Å²) in [6, 6.07) is 7.43. The van der Waals surface area contributed by atoms with Gasteiger partial charge in [0.25, 0.3) is 0 Å². The van der Waals surface area contributed by atoms with Crippen LogP contribution in [0.4, 0.5) is 0 Å². The van der Waals surface area contributed by atoms with Gasteiger partial charge >= 0.3 is 0 Å². The predicted octanol–water partition coefficient (Wildman–Crippen LogP) is 3.65. The van der Waals surface area contributed by atoms with Crippen LogP contribution in [-0.4, -0.2) is 43.0 Å². The zero-order chi connectivity index (χ0) is 21.2. The van der Waals surface area contributed by atoms with E-state index in [1.165, 1.54) is 18.3 Å². The summed E-state index contributed by atoms with van der Waals surface area (Å²) in [5.74, 6) is -1.23. The monoisotopic (exact) mass is 456 g/mol. The van der Waals surface area contributed by atoms with Crippen LogP contribution < -0.4 is 5.73 Å². The van der Waals surface area contributed by atoms with Crippen LogP contribution in [0.15, 0.2) is 29.6 Å². The molecule has 1 aliphatic heterocycles. The van der Waals surface area contributed by atoms with E-state index < -0.39 is 20.5 Å². The molecule has 3 rings (SSSR count). The highest BCUT2D eigenvalue weighted by molar-refractivity contribution is 7.93. The van der Waals surface area contributed by atoms with Crippen molar-refractivity contribution in [3.05, 3.63) is 39.7 Å². The summed E-state index contributed by atoms with van der Waals surface area (Å²) in [6.45, 7) is 3.99. The minimum Gasteiger partial charge on any atom is -0.381 e. The van der Waals surface area contributed by atoms with Crippen molar-refractivity contribution in [1.82, 2.24) is 4.98 Å². The molecule has 6 nitrogen and oxygen atoms in total. The number of halogens is 1. The van der Waals surface area contributed by atoms with Crippen LogP contribution in [0, 0.1) is 5.92 Å². The topological polar surface area (TPSA) is 99.4 Å². The van der Waals surface area contributed by atoms with Gasteiger partial charge in [0, 0.05) is 28.5 Å². The first-order chi connectivity index (χ1) is 13.7. The number of hydrogen-bond acceptors (Lipinski definition) is 6. The molecule has 3 unspecified atom stereocenters. The van der Waals surface area contributed by atoms with E-state index in [-0.39, 0.29) is 24.0 Å². The van der Waals surface area contributed by atoms with Crippen molar-refractivity contribution in [2.24, 2.45) is 11.7 Å². The number of hydrogen-bond donors (Lipinski definition) is 1. The summed E-state index contributed by atoms with van der Waals surface area (Å²) in [7, 11) is -3.73. The van der Waals surface area contributed by atoms with Gasteiger partial charge < -0.3 is 10.5 Å². The average molecular weight is 457 g/mol. The summed E-state index contributed by atoms with van der Waals surface area (Å²) in [5.41, 5.74) is 7.21. The summed E-state index contributed by atoms with van der Waals surface area (Å²) in [5, 5.41) is 3.45. The Hall–Kier alpha value is -1.48. The van der Waals surface area contributed by atoms with Crippen LogP contribution in [0.1, 0.15) is 37.6 Å². The SMILES string of the molecule is CCC(C)(C(N)=O)S(=O)(=O)CC1CCOCC1c1nc(-c2ccc(Cl)cc2)cs1. The molecule has 0 aliphatic carbocycles. The van der Waals surface area contributed by atoms with Gasteiger partial charge in [-0.2, -0.15) is 0 Å². The predicted molar refractivity (Wildman–Crippen MR) is 116 cm³/mol. The second kappa shape index (κ2) is 8.71. The number of nitrogens with two attached hydrogens (primary N) is 1. The van der Waals surface area contributed by atoms with Gasteiger partial charge in [0.05, 0.1) is 23.1 Å². The Morgan fingerprint density at radius 1 is 1.38 bits per heavy atom. The molecular formula is C20H25ClN2O4S2. The average Bonchev–Trinajstić information content (AvgIpc) is 3.17. The number of rotatable bonds is 7. The molecule has 1 aromatic carbocycles. The van der Waals surface area contributed by atoms with Gasteiger partial charge in [-0.3, -0.25) is 4.79 Å². The number of carbonyl (C=O) groups excluding carboxylic acids is 1. The van der Waals surface area contributed by atoms with Crippen molar-refractivity contribution in [2.75, 3.05) is 19.0 Å². The number of nitrogens with zero attached hydrogens (tertiary/aromatic N) is 1. The molecule has 0 spiro atoms. The minimum atomic E-state index is -3.73. The third-order valence-electron chi connectivity index (χ3n) is 5.79. The standard InChI is InChI=1S/C20H25ClN2O4S2/c1-3-20(2,19(22)24)29(25,26)12-14-8-9-27-10-16(14)18-23-17(11-28-18)13-4-6-15(21)7-5-13/h4-7,11,14,16H,3,8-10,12H2,1-2H3,(H2,22,24). The van der Waals surface area contributed by atoms with Crippen molar-refractivity contribution >= 4 is 38.7 Å². The van der Waals surface area contributed by atoms with E-state index in [1.807, 2.05) is 29.6 Å². The molecule has 1 amide bonds. The van der Waals surface area contributed by atoms with Gasteiger partial charge in [-0.25, -0.2) is 13.4 Å². The molecule has 1 fully saturated rings. The number of amides is 1. The quantitative estimate of drug-likeness (QED) is 0.685. The Kier molecular flexibility index (Phi) is 6.67. The van der Waals surface area contributed by atoms with E-state index in [2.05, 4.69) is 0 Å². The van der Waals surface area contributed by atoms with Gasteiger partial charge in [-0.05, 0) is 37.8 Å². The lowest BCUT2D eigenvalue weighted by molar-refractivity contribution is -0.120. The fraction of sp³-hybridized carbons (Fsp3) is 0.500. The lowest BCUT2D eigenvalue weighted by Crippen LogP contribution is -2.50. The van der Waals surface area contributed by atoms with Crippen LogP contribution in [0.5, 0.6) is 0 Å². The summed E-state index contributed by atoms with van der Waals surface area (Å²) in [6.07, 6.45) is 0.745. The van der Waals surface area contributed by atoms with Crippen LogP contribution in [-0.2, 0) is 19.4 Å². The molecule has 1 saturated heterocycles. The number of ether oxygens (including phenoxy) is 1. The molecule has 1 aromatic heterocycles. The number of aromatic nitrogens is 1. The molecule has 0 bridgehead atoms. The molecule has 3 atom stereocenters. The molecule has 0 radical (unpaired) electrons. The van der Waals surface area contributed by atoms with E-state index in [0.29, 0.717) is 24.7 Å². The van der Waals surface area contributed by atoms with Gasteiger partial charge in [0.15, 0.2) is 9.84 Å². The maximum atomic E-state index is 13.1. The minimum absolute atomic E-state index is 0.107. The third kappa shape index (κ3) is 4.50. The maximum absolute atomic E-state index is 13.1. The normalized spacial score (nSPS) is 22.2. The van der Waals surface area contributed by atoms with Crippen molar-refractivity contribution in [3.63, 3.8) is 0 Å². The van der Waals surface area contributed by atoms with Gasteiger partial charge in [0.1, 0.15) is 4.75 Å². The van der Waals surface area contributed by atoms with Crippen LogP contribution in [0.2, 0.25) is 5.02 Å². The van der Waals surface area contributed by atoms with Crippen molar-refractivity contribution < 1.29 is 17.9 Å². The van der Waals surface area contributed by atoms with Crippen molar-refractivity contribution in [3.8, 4) is 11.3 Å². The molecule has 2 N–H and O–H groups in total. The van der Waals surface area contributed by atoms with E-state index in [9.17, 15) is 13.2 Å². The number of sulfone groups is 1. The first kappa shape index (κ1) is 22.2. The summed E-state index contributed by atoms with van der Waals surface area (Å²) in [4.78, 5) is 16.6. The Morgan fingerprint density at radius 3 is 2.69 bits per heavy atom. The van der Waals surface area contributed by atoms with Gasteiger partial charge in [-0.1, -0.05) is 30.7 Å². The van der Waals surface area contributed by atoms with Crippen molar-refractivity contribution in [1.29, 1.82) is 0 Å². The number of thiazole rings is 1. The molecule has 2 aromatic rings. The van der Waals surface area contributed by atoms with Crippen LogP contribution >= 0.6 is 22.9 Å². The van der Waals surface area contributed by atoms with E-state index in [0.717, 1.165) is 16.3 Å². The van der Waals surface area contributed by atoms with E-state index in [4.69, 9.17) is 27.1 Å².